The fourth-order valence-corrected chi connectivity index (χ4v) is 3.55. The van der Waals surface area contributed by atoms with Crippen LogP contribution in [0.2, 0.25) is 5.02 Å². The Kier molecular flexibility index (Phi) is 6.30. The zero-order valence-corrected chi connectivity index (χ0v) is 15.8. The van der Waals surface area contributed by atoms with Crippen molar-refractivity contribution in [3.05, 3.63) is 70.7 Å². The number of rotatable bonds is 6. The van der Waals surface area contributed by atoms with Crippen molar-refractivity contribution in [1.29, 1.82) is 0 Å². The van der Waals surface area contributed by atoms with E-state index in [4.69, 9.17) is 11.6 Å². The summed E-state index contributed by atoms with van der Waals surface area (Å²) in [5.74, 6) is 0.0703. The van der Waals surface area contributed by atoms with Gasteiger partial charge in [0.2, 0.25) is 5.91 Å². The Hall–Kier alpha value is -1.88. The molecule has 5 heteroatoms. The number of halogens is 1. The Morgan fingerprint density at radius 2 is 1.92 bits per heavy atom. The predicted octanol–water partition coefficient (Wildman–Crippen LogP) is 3.15. The minimum atomic E-state index is -0.263. The molecule has 1 N–H and O–H groups in total. The molecule has 138 valence electrons. The Labute approximate surface area is 160 Å². The highest BCUT2D eigenvalue weighted by Gasteiger charge is 2.28. The molecule has 4 nitrogen and oxygen atoms in total. The van der Waals surface area contributed by atoms with Gasteiger partial charge in [0, 0.05) is 31.7 Å². The zero-order chi connectivity index (χ0) is 18.5. The molecule has 1 aliphatic heterocycles. The molecule has 2 unspecified atom stereocenters. The van der Waals surface area contributed by atoms with E-state index in [1.165, 1.54) is 0 Å². The van der Waals surface area contributed by atoms with E-state index in [1.54, 1.807) is 0 Å². The van der Waals surface area contributed by atoms with Crippen molar-refractivity contribution in [3.63, 3.8) is 0 Å². The van der Waals surface area contributed by atoms with Crippen LogP contribution in [0.1, 0.15) is 23.6 Å². The summed E-state index contributed by atoms with van der Waals surface area (Å²) in [6, 6.07) is 17.5. The number of hydrogen-bond donors (Lipinski definition) is 1. The number of benzene rings is 2. The van der Waals surface area contributed by atoms with E-state index >= 15 is 0 Å². The standard InChI is InChI=1S/C21H25ClN2O2/c1-23(21(26)13-16-7-9-18(22)10-8-16)20(17-5-3-2-4-6-17)15-24-12-11-19(25)14-24/h2-10,19-20,25H,11-15H2,1H3. The summed E-state index contributed by atoms with van der Waals surface area (Å²) in [6.45, 7) is 2.26. The molecule has 1 aliphatic rings. The van der Waals surface area contributed by atoms with Crippen molar-refractivity contribution in [1.82, 2.24) is 9.80 Å². The summed E-state index contributed by atoms with van der Waals surface area (Å²) in [5, 5.41) is 10.5. The number of likely N-dealkylation sites (N-methyl/N-ethyl adjacent to an activating group) is 1. The van der Waals surface area contributed by atoms with Gasteiger partial charge < -0.3 is 10.0 Å². The summed E-state index contributed by atoms with van der Waals surface area (Å²) in [5.41, 5.74) is 2.07. The number of hydrogen-bond acceptors (Lipinski definition) is 3. The molecule has 0 spiro atoms. The highest BCUT2D eigenvalue weighted by Crippen LogP contribution is 2.24. The second-order valence-corrected chi connectivity index (χ2v) is 7.37. The number of amides is 1. The molecule has 0 aliphatic carbocycles. The molecule has 1 heterocycles. The van der Waals surface area contributed by atoms with Gasteiger partial charge in [-0.05, 0) is 29.7 Å². The quantitative estimate of drug-likeness (QED) is 0.847. The molecule has 2 aromatic rings. The highest BCUT2D eigenvalue weighted by molar-refractivity contribution is 6.30. The topological polar surface area (TPSA) is 43.8 Å². The Morgan fingerprint density at radius 1 is 1.23 bits per heavy atom. The minimum Gasteiger partial charge on any atom is -0.392 e. The minimum absolute atomic E-state index is 0.0405. The summed E-state index contributed by atoms with van der Waals surface area (Å²) in [6.07, 6.45) is 0.880. The average Bonchev–Trinajstić information content (AvgIpc) is 3.07. The lowest BCUT2D eigenvalue weighted by Gasteiger charge is -2.32. The van der Waals surface area contributed by atoms with Crippen molar-refractivity contribution in [2.45, 2.75) is 25.0 Å². The van der Waals surface area contributed by atoms with Crippen LogP contribution in [-0.2, 0) is 11.2 Å². The van der Waals surface area contributed by atoms with E-state index in [9.17, 15) is 9.90 Å². The van der Waals surface area contributed by atoms with Gasteiger partial charge in [0.05, 0.1) is 18.6 Å². The van der Waals surface area contributed by atoms with Crippen molar-refractivity contribution in [2.75, 3.05) is 26.7 Å². The molecule has 0 aromatic heterocycles. The van der Waals surface area contributed by atoms with Crippen LogP contribution in [0.3, 0.4) is 0 Å². The van der Waals surface area contributed by atoms with E-state index in [0.717, 1.165) is 30.6 Å². The van der Waals surface area contributed by atoms with Crippen molar-refractivity contribution >= 4 is 17.5 Å². The first-order valence-electron chi connectivity index (χ1n) is 8.98. The van der Waals surface area contributed by atoms with Crippen LogP contribution >= 0.6 is 11.6 Å². The van der Waals surface area contributed by atoms with E-state index < -0.39 is 0 Å². The van der Waals surface area contributed by atoms with Gasteiger partial charge in [-0.25, -0.2) is 0 Å². The first kappa shape index (κ1) is 18.9. The Balaban J connectivity index is 1.74. The first-order valence-corrected chi connectivity index (χ1v) is 9.36. The molecule has 3 rings (SSSR count). The maximum atomic E-state index is 12.9. The number of carbonyl (C=O) groups is 1. The molecule has 1 amide bonds. The summed E-state index contributed by atoms with van der Waals surface area (Å²) >= 11 is 5.93. The smallest absolute Gasteiger partial charge is 0.227 e. The Bertz CT molecular complexity index is 721. The van der Waals surface area contributed by atoms with Crippen LogP contribution < -0.4 is 0 Å². The monoisotopic (exact) mass is 372 g/mol. The van der Waals surface area contributed by atoms with E-state index in [1.807, 2.05) is 54.4 Å². The van der Waals surface area contributed by atoms with Gasteiger partial charge in [-0.1, -0.05) is 54.1 Å². The van der Waals surface area contributed by atoms with Gasteiger partial charge in [0.1, 0.15) is 0 Å². The van der Waals surface area contributed by atoms with E-state index in [0.29, 0.717) is 18.0 Å². The molecule has 2 atom stereocenters. The summed E-state index contributed by atoms with van der Waals surface area (Å²) < 4.78 is 0. The molecule has 26 heavy (non-hydrogen) atoms. The fraction of sp³-hybridized carbons (Fsp3) is 0.381. The largest absolute Gasteiger partial charge is 0.392 e. The molecule has 0 bridgehead atoms. The Morgan fingerprint density at radius 3 is 2.54 bits per heavy atom. The van der Waals surface area contributed by atoms with Crippen LogP contribution in [0.25, 0.3) is 0 Å². The number of nitrogens with zero attached hydrogens (tertiary/aromatic N) is 2. The second-order valence-electron chi connectivity index (χ2n) is 6.94. The molecule has 2 aromatic carbocycles. The molecular weight excluding hydrogens is 348 g/mol. The normalized spacial score (nSPS) is 18.7. The predicted molar refractivity (Wildman–Crippen MR) is 104 cm³/mol. The molecule has 1 fully saturated rings. The molecule has 1 saturated heterocycles. The van der Waals surface area contributed by atoms with Crippen molar-refractivity contribution in [2.24, 2.45) is 0 Å². The van der Waals surface area contributed by atoms with Crippen molar-refractivity contribution < 1.29 is 9.90 Å². The highest BCUT2D eigenvalue weighted by atomic mass is 35.5. The van der Waals surface area contributed by atoms with Gasteiger partial charge in [0.15, 0.2) is 0 Å². The molecule has 0 saturated carbocycles. The van der Waals surface area contributed by atoms with Gasteiger partial charge >= 0.3 is 0 Å². The van der Waals surface area contributed by atoms with Gasteiger partial charge in [-0.15, -0.1) is 0 Å². The van der Waals surface area contributed by atoms with E-state index in [-0.39, 0.29) is 18.1 Å². The van der Waals surface area contributed by atoms with E-state index in [2.05, 4.69) is 17.0 Å². The third kappa shape index (κ3) is 4.85. The fourth-order valence-electron chi connectivity index (χ4n) is 3.42. The van der Waals surface area contributed by atoms with Gasteiger partial charge in [0.25, 0.3) is 0 Å². The first-order chi connectivity index (χ1) is 12.5. The maximum absolute atomic E-state index is 12.9. The van der Waals surface area contributed by atoms with Gasteiger partial charge in [-0.2, -0.15) is 0 Å². The number of β-amino-alcohol motifs (C(OH)–C–C–N with tert-alkyl or cyclic N) is 1. The van der Waals surface area contributed by atoms with Crippen LogP contribution in [0.4, 0.5) is 0 Å². The third-order valence-corrected chi connectivity index (χ3v) is 5.24. The SMILES string of the molecule is CN(C(=O)Cc1ccc(Cl)cc1)C(CN1CCC(O)C1)c1ccccc1. The zero-order valence-electron chi connectivity index (χ0n) is 15.0. The van der Waals surface area contributed by atoms with Crippen LogP contribution in [0.15, 0.2) is 54.6 Å². The van der Waals surface area contributed by atoms with Crippen LogP contribution in [0.5, 0.6) is 0 Å². The molecular formula is C21H25ClN2O2. The average molecular weight is 373 g/mol. The summed E-state index contributed by atoms with van der Waals surface area (Å²) in [4.78, 5) is 16.9. The lowest BCUT2D eigenvalue weighted by molar-refractivity contribution is -0.131. The number of carbonyl (C=O) groups excluding carboxylic acids is 1. The lowest BCUT2D eigenvalue weighted by Crippen LogP contribution is -2.39. The maximum Gasteiger partial charge on any atom is 0.227 e. The third-order valence-electron chi connectivity index (χ3n) is 4.99. The number of likely N-dealkylation sites (tertiary alicyclic amines) is 1. The number of aliphatic hydroxyl groups excluding tert-OH is 1. The second kappa shape index (κ2) is 8.67. The lowest BCUT2D eigenvalue weighted by atomic mass is 10.0. The number of aliphatic hydroxyl groups is 1. The summed E-state index contributed by atoms with van der Waals surface area (Å²) in [7, 11) is 1.86. The van der Waals surface area contributed by atoms with Crippen molar-refractivity contribution in [3.8, 4) is 0 Å². The van der Waals surface area contributed by atoms with Gasteiger partial charge in [-0.3, -0.25) is 9.69 Å². The van der Waals surface area contributed by atoms with Crippen LogP contribution in [-0.4, -0.2) is 53.6 Å². The van der Waals surface area contributed by atoms with Crippen LogP contribution in [0, 0.1) is 0 Å². The molecule has 0 radical (unpaired) electrons.